The molecular weight excluding hydrogens is 880 g/mol. The Bertz CT molecular complexity index is 1750. The van der Waals surface area contributed by atoms with Crippen molar-refractivity contribution in [1.29, 1.82) is 0 Å². The predicted octanol–water partition coefficient (Wildman–Crippen LogP) is 17.1. The number of halogens is 16. The number of rotatable bonds is 0. The number of hydrogen-bond acceptors (Lipinski definition) is 0. The number of fused-ring (bicyclic) bond motifs is 6. The van der Waals surface area contributed by atoms with Crippen molar-refractivity contribution in [2.24, 2.45) is 0 Å². The zero-order chi connectivity index (χ0) is 31.0. The van der Waals surface area contributed by atoms with Crippen molar-refractivity contribution < 1.29 is 0 Å². The van der Waals surface area contributed by atoms with Crippen molar-refractivity contribution in [1.82, 2.24) is 0 Å². The molecule has 0 bridgehead atoms. The van der Waals surface area contributed by atoms with E-state index in [9.17, 15) is 0 Å². The fourth-order valence-electron chi connectivity index (χ4n) is 5.15. The van der Waals surface area contributed by atoms with Gasteiger partial charge in [0.2, 0.25) is 0 Å². The van der Waals surface area contributed by atoms with Crippen LogP contribution >= 0.6 is 186 Å². The molecule has 216 valence electrons. The average Bonchev–Trinajstić information content (AvgIpc) is 3.50. The van der Waals surface area contributed by atoms with Crippen LogP contribution in [0.25, 0.3) is 33.4 Å². The highest BCUT2D eigenvalue weighted by Gasteiger charge is 2.44. The minimum absolute atomic E-state index is 0.00394. The molecule has 0 saturated heterocycles. The zero-order valence-electron chi connectivity index (χ0n) is 19.0. The summed E-state index contributed by atoms with van der Waals surface area (Å²) in [6.07, 6.45) is 0. The van der Waals surface area contributed by atoms with E-state index < -0.39 is 0 Å². The second kappa shape index (κ2) is 11.5. The lowest BCUT2D eigenvalue weighted by atomic mass is 9.91. The van der Waals surface area contributed by atoms with Gasteiger partial charge in [-0.15, -0.1) is 0 Å². The standard InChI is InChI=1S/C26Cl16/c27-11-3-1(4-8(7(3)15(31)23(39)19(11)35)16(32)24(40)20(36)12(4)28)2-5-9(17(33)25(41)21(37)13(5)29)10-6(2)14(30)22(38)26(42)18(10)34. The maximum absolute atomic E-state index is 6.90. The molecule has 0 atom stereocenters. The van der Waals surface area contributed by atoms with Crippen molar-refractivity contribution in [3.8, 4) is 22.3 Å². The molecule has 2 aliphatic carbocycles. The van der Waals surface area contributed by atoms with Crippen molar-refractivity contribution in [3.63, 3.8) is 0 Å². The first kappa shape index (κ1) is 33.2. The zero-order valence-corrected chi connectivity index (χ0v) is 31.1. The van der Waals surface area contributed by atoms with Gasteiger partial charge in [-0.25, -0.2) is 0 Å². The van der Waals surface area contributed by atoms with Gasteiger partial charge >= 0.3 is 0 Å². The third-order valence-corrected chi connectivity index (χ3v) is 14.0. The minimum Gasteiger partial charge on any atom is -0.0819 e. The van der Waals surface area contributed by atoms with E-state index in [1.165, 1.54) is 0 Å². The highest BCUT2D eigenvalue weighted by atomic mass is 35.5. The van der Waals surface area contributed by atoms with Crippen molar-refractivity contribution in [3.05, 3.63) is 103 Å². The number of hydrogen-bond donors (Lipinski definition) is 0. The van der Waals surface area contributed by atoms with Crippen LogP contribution in [0.2, 0.25) is 80.4 Å². The van der Waals surface area contributed by atoms with Crippen LogP contribution in [0, 0.1) is 0 Å². The molecule has 0 amide bonds. The van der Waals surface area contributed by atoms with Crippen LogP contribution in [0.4, 0.5) is 0 Å². The first-order chi connectivity index (χ1) is 19.6. The van der Waals surface area contributed by atoms with E-state index in [0.717, 1.165) is 0 Å². The number of benzene rings is 4. The van der Waals surface area contributed by atoms with Gasteiger partial charge in [-0.2, -0.15) is 0 Å². The Morgan fingerprint density at radius 2 is 0.262 bits per heavy atom. The Hall–Kier alpha value is 1.26. The summed E-state index contributed by atoms with van der Waals surface area (Å²) in [6.45, 7) is 0. The molecule has 4 aromatic rings. The Balaban J connectivity index is 2.03. The molecule has 4 aromatic carbocycles. The largest absolute Gasteiger partial charge is 0.0819 e. The molecule has 0 unspecified atom stereocenters. The highest BCUT2D eigenvalue weighted by Crippen LogP contribution is 2.67. The summed E-state index contributed by atoms with van der Waals surface area (Å²) >= 11 is 107. The summed E-state index contributed by atoms with van der Waals surface area (Å²) in [5, 5.41) is -0.474. The third kappa shape index (κ3) is 4.26. The summed E-state index contributed by atoms with van der Waals surface area (Å²) in [4.78, 5) is 0. The van der Waals surface area contributed by atoms with E-state index in [0.29, 0.717) is 0 Å². The first-order valence-corrected chi connectivity index (χ1v) is 16.8. The molecule has 0 aliphatic heterocycles. The van der Waals surface area contributed by atoms with Crippen molar-refractivity contribution in [2.75, 3.05) is 0 Å². The molecule has 0 radical (unpaired) electrons. The quantitative estimate of drug-likeness (QED) is 0.105. The topological polar surface area (TPSA) is 0 Å². The van der Waals surface area contributed by atoms with Crippen molar-refractivity contribution >= 4 is 197 Å². The Morgan fingerprint density at radius 1 is 0.143 bits per heavy atom. The monoisotopic (exact) mass is 872 g/mol. The Kier molecular flexibility index (Phi) is 9.04. The summed E-state index contributed by atoms with van der Waals surface area (Å²) in [7, 11) is 0. The fraction of sp³-hybridized carbons (Fsp3) is 0. The first-order valence-electron chi connectivity index (χ1n) is 10.8. The van der Waals surface area contributed by atoms with E-state index in [-0.39, 0.29) is 136 Å². The van der Waals surface area contributed by atoms with E-state index in [1.807, 2.05) is 0 Å². The predicted molar refractivity (Wildman–Crippen MR) is 189 cm³/mol. The summed E-state index contributed by atoms with van der Waals surface area (Å²) < 4.78 is 0. The van der Waals surface area contributed by atoms with Crippen LogP contribution < -0.4 is 0 Å². The Morgan fingerprint density at radius 3 is 0.405 bits per heavy atom. The SMILES string of the molecule is Clc1c(Cl)c(Cl)c2c(c1Cl)C(=C1c3c(Cl)c(Cl)c(Cl)c(Cl)c3-c3c(Cl)c(Cl)c(Cl)c(Cl)c31)c1c(Cl)c(Cl)c(Cl)c(Cl)c1-2. The van der Waals surface area contributed by atoms with Gasteiger partial charge < -0.3 is 0 Å². The van der Waals surface area contributed by atoms with Gasteiger partial charge in [0.1, 0.15) is 0 Å². The van der Waals surface area contributed by atoms with Gasteiger partial charge in [0.25, 0.3) is 0 Å². The second-order valence-corrected chi connectivity index (χ2v) is 14.8. The van der Waals surface area contributed by atoms with E-state index in [1.54, 1.807) is 0 Å². The van der Waals surface area contributed by atoms with Crippen LogP contribution in [0.5, 0.6) is 0 Å². The normalized spacial score (nSPS) is 13.1. The third-order valence-electron chi connectivity index (χ3n) is 6.82. The molecule has 2 aliphatic rings. The van der Waals surface area contributed by atoms with Gasteiger partial charge in [0, 0.05) is 55.7 Å². The van der Waals surface area contributed by atoms with Crippen LogP contribution in [0.15, 0.2) is 0 Å². The summed E-state index contributed by atoms with van der Waals surface area (Å²) in [5.41, 5.74) is 2.58. The van der Waals surface area contributed by atoms with E-state index >= 15 is 0 Å². The molecule has 0 spiro atoms. The molecule has 0 N–H and O–H groups in total. The van der Waals surface area contributed by atoms with Crippen LogP contribution in [0.3, 0.4) is 0 Å². The lowest BCUT2D eigenvalue weighted by molar-refractivity contribution is 1.61. The maximum Gasteiger partial charge on any atom is 0.0800 e. The minimum atomic E-state index is -0.0626. The Labute approximate surface area is 317 Å². The fourth-order valence-corrected chi connectivity index (χ4v) is 9.32. The summed E-state index contributed by atoms with van der Waals surface area (Å²) in [6, 6.07) is 0. The summed E-state index contributed by atoms with van der Waals surface area (Å²) in [5.74, 6) is 0. The van der Waals surface area contributed by atoms with Gasteiger partial charge in [0.05, 0.1) is 80.4 Å². The molecule has 0 aromatic heterocycles. The lowest BCUT2D eigenvalue weighted by Crippen LogP contribution is -1.96. The molecule has 6 rings (SSSR count). The molecular formula is C26Cl16. The average molecular weight is 880 g/mol. The molecule has 0 fully saturated rings. The smallest absolute Gasteiger partial charge is 0.0800 e. The van der Waals surface area contributed by atoms with Gasteiger partial charge in [-0.05, 0) is 0 Å². The molecule has 0 heterocycles. The van der Waals surface area contributed by atoms with E-state index in [4.69, 9.17) is 186 Å². The molecule has 16 heteroatoms. The second-order valence-electron chi connectivity index (χ2n) is 8.77. The van der Waals surface area contributed by atoms with Crippen LogP contribution in [0.1, 0.15) is 22.3 Å². The van der Waals surface area contributed by atoms with Crippen LogP contribution in [-0.4, -0.2) is 0 Å². The van der Waals surface area contributed by atoms with Gasteiger partial charge in [0.15, 0.2) is 0 Å². The molecule has 42 heavy (non-hydrogen) atoms. The van der Waals surface area contributed by atoms with Crippen molar-refractivity contribution in [2.45, 2.75) is 0 Å². The lowest BCUT2D eigenvalue weighted by Gasteiger charge is -2.18. The van der Waals surface area contributed by atoms with E-state index in [2.05, 4.69) is 0 Å². The molecule has 0 nitrogen and oxygen atoms in total. The van der Waals surface area contributed by atoms with Crippen LogP contribution in [-0.2, 0) is 0 Å². The maximum atomic E-state index is 6.90. The molecule has 0 saturated carbocycles. The van der Waals surface area contributed by atoms with Gasteiger partial charge in [-0.3, -0.25) is 0 Å². The van der Waals surface area contributed by atoms with Gasteiger partial charge in [-0.1, -0.05) is 186 Å². The highest BCUT2D eigenvalue weighted by molar-refractivity contribution is 6.60.